The van der Waals surface area contributed by atoms with E-state index in [2.05, 4.69) is 84.9 Å². The summed E-state index contributed by atoms with van der Waals surface area (Å²) in [5.74, 6) is 0. The summed E-state index contributed by atoms with van der Waals surface area (Å²) in [6, 6.07) is 31.8. The lowest BCUT2D eigenvalue weighted by atomic mass is 10.1. The molecule has 0 N–H and O–H groups in total. The van der Waals surface area contributed by atoms with Gasteiger partial charge >= 0.3 is 0 Å². The minimum Gasteiger partial charge on any atom is -0.0871 e. The van der Waals surface area contributed by atoms with Crippen molar-refractivity contribution in [2.24, 2.45) is 0 Å². The summed E-state index contributed by atoms with van der Waals surface area (Å²) in [6.07, 6.45) is 0.783. The van der Waals surface area contributed by atoms with Gasteiger partial charge < -0.3 is 0 Å². The molecule has 3 aromatic rings. The third kappa shape index (κ3) is 2.79. The average molecular weight is 383 g/mol. The van der Waals surface area contributed by atoms with E-state index >= 15 is 0 Å². The van der Waals surface area contributed by atoms with Crippen molar-refractivity contribution in [2.45, 2.75) is 0 Å². The summed E-state index contributed by atoms with van der Waals surface area (Å²) in [5.41, 5.74) is 1.16. The van der Waals surface area contributed by atoms with Crippen LogP contribution < -0.4 is 10.6 Å². The van der Waals surface area contributed by atoms with E-state index in [4.69, 9.17) is 23.2 Å². The number of benzene rings is 3. The van der Waals surface area contributed by atoms with Gasteiger partial charge in [-0.05, 0) is 23.1 Å². The second kappa shape index (κ2) is 6.89. The molecule has 3 heteroatoms. The van der Waals surface area contributed by atoms with Crippen molar-refractivity contribution in [1.29, 1.82) is 0 Å². The van der Waals surface area contributed by atoms with Gasteiger partial charge in [0.1, 0.15) is 0 Å². The number of halogens is 2. The van der Waals surface area contributed by atoms with Crippen molar-refractivity contribution in [1.82, 2.24) is 0 Å². The van der Waals surface area contributed by atoms with Crippen molar-refractivity contribution >= 4 is 46.0 Å². The van der Waals surface area contributed by atoms with Crippen LogP contribution in [0.2, 0.25) is 0 Å². The molecule has 0 unspecified atom stereocenters. The van der Waals surface area contributed by atoms with Crippen molar-refractivity contribution in [3.63, 3.8) is 0 Å². The van der Waals surface area contributed by atoms with Crippen molar-refractivity contribution in [3.05, 3.63) is 107 Å². The van der Waals surface area contributed by atoms with Crippen LogP contribution in [0.25, 0.3) is 0 Å². The van der Waals surface area contributed by atoms with Gasteiger partial charge in [0.05, 0.1) is 5.03 Å². The molecule has 0 aliphatic carbocycles. The van der Waals surface area contributed by atoms with E-state index in [-0.39, 0.29) is 0 Å². The van der Waals surface area contributed by atoms with E-state index in [1.54, 1.807) is 0 Å². The van der Waals surface area contributed by atoms with Gasteiger partial charge in [0.15, 0.2) is 0 Å². The van der Waals surface area contributed by atoms with Gasteiger partial charge in [-0.15, -0.1) is 0 Å². The van der Waals surface area contributed by atoms with Crippen molar-refractivity contribution in [2.75, 3.05) is 6.16 Å². The molecule has 0 fully saturated rings. The molecule has 0 bridgehead atoms. The predicted octanol–water partition coefficient (Wildman–Crippen LogP) is 5.58. The Labute approximate surface area is 158 Å². The van der Waals surface area contributed by atoms with Crippen molar-refractivity contribution < 1.29 is 0 Å². The van der Waals surface area contributed by atoms with E-state index in [1.807, 2.05) is 6.07 Å². The second-order valence-corrected chi connectivity index (χ2v) is 10.3. The topological polar surface area (TPSA) is 0 Å². The predicted molar refractivity (Wildman–Crippen MR) is 113 cm³/mol. The maximum Gasteiger partial charge on any atom is 0.0640 e. The minimum atomic E-state index is -1.92. The SMILES string of the molecule is ClC1=C(Cl)C(c2ccccc2)=P(c2ccccc2)(c2ccccc2)C1. The van der Waals surface area contributed by atoms with Crippen LogP contribution in [0.15, 0.2) is 101 Å². The summed E-state index contributed by atoms with van der Waals surface area (Å²) in [6.45, 7) is -1.92. The molecule has 1 heterocycles. The standard InChI is InChI=1S/C22H17Cl2P/c23-20-16-25(18-12-6-2-7-13-18,19-14-8-3-9-15-19)22(21(20)24)17-10-4-1-5-11-17/h1-15H,16H2. The number of rotatable bonds is 3. The first-order valence-electron chi connectivity index (χ1n) is 8.20. The number of hydrogen-bond acceptors (Lipinski definition) is 0. The Morgan fingerprint density at radius 2 is 1.04 bits per heavy atom. The molecule has 0 radical (unpaired) electrons. The fourth-order valence-electron chi connectivity index (χ4n) is 3.55. The summed E-state index contributed by atoms with van der Waals surface area (Å²) in [4.78, 5) is 0. The number of allylic oxidation sites excluding steroid dienone is 2. The molecular weight excluding hydrogens is 366 g/mol. The van der Waals surface area contributed by atoms with Crippen LogP contribution >= 0.6 is 30.1 Å². The first kappa shape index (κ1) is 16.7. The molecule has 1 aliphatic rings. The molecule has 3 aromatic carbocycles. The maximum absolute atomic E-state index is 6.79. The third-order valence-electron chi connectivity index (χ3n) is 4.64. The molecule has 4 rings (SSSR count). The van der Waals surface area contributed by atoms with Gasteiger partial charge in [0, 0.05) is 16.5 Å². The van der Waals surface area contributed by atoms with Gasteiger partial charge in [-0.3, -0.25) is 0 Å². The Bertz CT molecular complexity index is 931. The van der Waals surface area contributed by atoms with E-state index < -0.39 is 6.89 Å². The fourth-order valence-corrected chi connectivity index (χ4v) is 9.29. The van der Waals surface area contributed by atoms with Crippen LogP contribution in [0.5, 0.6) is 0 Å². The molecule has 0 saturated carbocycles. The maximum atomic E-state index is 6.79. The van der Waals surface area contributed by atoms with Crippen LogP contribution in [0, 0.1) is 0 Å². The largest absolute Gasteiger partial charge is 0.0871 e. The first-order chi connectivity index (χ1) is 12.2. The third-order valence-corrected chi connectivity index (χ3v) is 10.2. The molecule has 0 atom stereocenters. The Morgan fingerprint density at radius 1 is 0.600 bits per heavy atom. The molecule has 25 heavy (non-hydrogen) atoms. The summed E-state index contributed by atoms with van der Waals surface area (Å²) >= 11 is 13.4. The zero-order valence-corrected chi connectivity index (χ0v) is 16.0. The highest BCUT2D eigenvalue weighted by molar-refractivity contribution is 7.90. The molecule has 0 aromatic heterocycles. The smallest absolute Gasteiger partial charge is 0.0640 e. The average Bonchev–Trinajstić information content (AvgIpc) is 2.96. The van der Waals surface area contributed by atoms with E-state index in [1.165, 1.54) is 15.9 Å². The van der Waals surface area contributed by atoms with Gasteiger partial charge in [-0.2, -0.15) is 0 Å². The Hall–Kier alpha value is -1.72. The lowest BCUT2D eigenvalue weighted by Crippen LogP contribution is -2.22. The Kier molecular flexibility index (Phi) is 4.61. The van der Waals surface area contributed by atoms with Gasteiger partial charge in [-0.1, -0.05) is 114 Å². The van der Waals surface area contributed by atoms with Gasteiger partial charge in [0.25, 0.3) is 0 Å². The quantitative estimate of drug-likeness (QED) is 0.518. The fraction of sp³-hybridized carbons (Fsp3) is 0.0455. The summed E-state index contributed by atoms with van der Waals surface area (Å²) < 4.78 is 0. The molecule has 0 nitrogen and oxygen atoms in total. The van der Waals surface area contributed by atoms with Gasteiger partial charge in [-0.25, -0.2) is 0 Å². The second-order valence-electron chi connectivity index (χ2n) is 6.07. The highest BCUT2D eigenvalue weighted by Crippen LogP contribution is 2.57. The minimum absolute atomic E-state index is 0.717. The van der Waals surface area contributed by atoms with E-state index in [0.29, 0.717) is 5.03 Å². The first-order valence-corrected chi connectivity index (χ1v) is 10.9. The Morgan fingerprint density at radius 3 is 1.52 bits per heavy atom. The number of hydrogen-bond donors (Lipinski definition) is 0. The van der Waals surface area contributed by atoms with E-state index in [9.17, 15) is 0 Å². The monoisotopic (exact) mass is 382 g/mol. The zero-order chi connectivity index (χ0) is 17.3. The highest BCUT2D eigenvalue weighted by atomic mass is 35.5. The lowest BCUT2D eigenvalue weighted by molar-refractivity contribution is 1.65. The summed E-state index contributed by atoms with van der Waals surface area (Å²) in [5, 5.41) is 5.30. The van der Waals surface area contributed by atoms with Crippen LogP contribution in [0.3, 0.4) is 0 Å². The normalized spacial score (nSPS) is 16.3. The molecule has 0 spiro atoms. The highest BCUT2D eigenvalue weighted by Gasteiger charge is 2.36. The van der Waals surface area contributed by atoms with Crippen molar-refractivity contribution in [3.8, 4) is 0 Å². The molecule has 1 aliphatic heterocycles. The van der Waals surface area contributed by atoms with E-state index in [0.717, 1.165) is 16.8 Å². The Balaban J connectivity index is 2.15. The molecule has 124 valence electrons. The molecular formula is C22H17Cl2P. The molecule has 0 saturated heterocycles. The van der Waals surface area contributed by atoms with Crippen LogP contribution in [-0.2, 0) is 0 Å². The van der Waals surface area contributed by atoms with Crippen LogP contribution in [0.1, 0.15) is 5.56 Å². The summed E-state index contributed by atoms with van der Waals surface area (Å²) in [7, 11) is 0. The lowest BCUT2D eigenvalue weighted by Gasteiger charge is -2.28. The molecule has 0 amide bonds. The van der Waals surface area contributed by atoms with Crippen LogP contribution in [-0.4, -0.2) is 11.5 Å². The van der Waals surface area contributed by atoms with Gasteiger partial charge in [0.2, 0.25) is 0 Å². The van der Waals surface area contributed by atoms with Crippen LogP contribution in [0.4, 0.5) is 0 Å². The zero-order valence-electron chi connectivity index (χ0n) is 13.6.